The lowest BCUT2D eigenvalue weighted by molar-refractivity contribution is -0.243. The highest BCUT2D eigenvalue weighted by atomic mass is 19.4. The molecule has 2 aliphatic rings. The second kappa shape index (κ2) is 5.05. The fourth-order valence-corrected chi connectivity index (χ4v) is 2.57. The first-order chi connectivity index (χ1) is 9.12. The normalized spacial score (nSPS) is 38.8. The van der Waals surface area contributed by atoms with Crippen molar-refractivity contribution in [3.05, 3.63) is 0 Å². The number of hydrogen-bond donors (Lipinski definition) is 3. The maximum Gasteiger partial charge on any atom is 0.414 e. The van der Waals surface area contributed by atoms with Crippen molar-refractivity contribution in [2.75, 3.05) is 14.1 Å². The van der Waals surface area contributed by atoms with Gasteiger partial charge in [0.1, 0.15) is 18.2 Å². The molecule has 20 heavy (non-hydrogen) atoms. The van der Waals surface area contributed by atoms with Crippen molar-refractivity contribution in [2.45, 2.75) is 43.1 Å². The number of hydrogen-bond acceptors (Lipinski definition) is 6. The molecule has 0 unspecified atom stereocenters. The topological polar surface area (TPSA) is 85.5 Å². The number of ether oxygens (including phenoxy) is 1. The largest absolute Gasteiger partial charge is 0.459 e. The Morgan fingerprint density at radius 2 is 1.90 bits per heavy atom. The number of amidine groups is 1. The number of aliphatic imine (C=N–C) groups is 1. The molecule has 0 saturated heterocycles. The average Bonchev–Trinajstić information content (AvgIpc) is 2.76. The van der Waals surface area contributed by atoms with E-state index in [1.54, 1.807) is 14.1 Å². The van der Waals surface area contributed by atoms with Gasteiger partial charge < -0.3 is 25.0 Å². The Balaban J connectivity index is 2.17. The number of aliphatic hydroxyl groups is 3. The van der Waals surface area contributed by atoms with Crippen LogP contribution in [0.1, 0.15) is 6.42 Å². The lowest BCUT2D eigenvalue weighted by atomic mass is 9.77. The summed E-state index contributed by atoms with van der Waals surface area (Å²) in [7, 11) is 3.28. The van der Waals surface area contributed by atoms with E-state index in [1.165, 1.54) is 4.90 Å². The maximum atomic E-state index is 12.6. The molecule has 0 aromatic heterocycles. The van der Waals surface area contributed by atoms with Crippen LogP contribution >= 0.6 is 0 Å². The molecule has 1 saturated carbocycles. The van der Waals surface area contributed by atoms with E-state index in [2.05, 4.69) is 4.99 Å². The average molecular weight is 298 g/mol. The minimum Gasteiger partial charge on any atom is -0.459 e. The van der Waals surface area contributed by atoms with Gasteiger partial charge in [0, 0.05) is 20.0 Å². The van der Waals surface area contributed by atoms with Crippen LogP contribution in [0.2, 0.25) is 0 Å². The van der Waals surface area contributed by atoms with E-state index in [-0.39, 0.29) is 12.4 Å². The Bertz CT molecular complexity index is 402. The summed E-state index contributed by atoms with van der Waals surface area (Å²) in [4.78, 5) is 5.56. The fourth-order valence-electron chi connectivity index (χ4n) is 2.57. The van der Waals surface area contributed by atoms with Crippen LogP contribution in [0.5, 0.6) is 0 Å². The number of alkyl halides is 3. The zero-order valence-electron chi connectivity index (χ0n) is 10.9. The smallest absolute Gasteiger partial charge is 0.414 e. The van der Waals surface area contributed by atoms with Crippen molar-refractivity contribution in [1.29, 1.82) is 0 Å². The zero-order chi connectivity index (χ0) is 15.2. The first kappa shape index (κ1) is 15.3. The highest BCUT2D eigenvalue weighted by Gasteiger charge is 2.55. The number of rotatable bonds is 1. The Morgan fingerprint density at radius 1 is 1.30 bits per heavy atom. The first-order valence-corrected chi connectivity index (χ1v) is 6.15. The third-order valence-electron chi connectivity index (χ3n) is 3.66. The molecular weight excluding hydrogens is 281 g/mol. The van der Waals surface area contributed by atoms with Crippen LogP contribution in [0.3, 0.4) is 0 Å². The standard InChI is InChI=1S/C11H17F3N2O4/c1-16(2)10-15-6-5(20-10)3-4(7(17)8(6)18)9(19)11(12,13)14/h4-9,17-19H,3H2,1-2H3/t4-,5-,6-,7+,8+,9+/m0/s1. The van der Waals surface area contributed by atoms with Gasteiger partial charge >= 0.3 is 6.18 Å². The number of fused-ring (bicyclic) bond motifs is 1. The molecule has 0 radical (unpaired) electrons. The van der Waals surface area contributed by atoms with Gasteiger partial charge in [0.2, 0.25) is 0 Å². The number of halogens is 3. The molecule has 6 nitrogen and oxygen atoms in total. The van der Waals surface area contributed by atoms with Gasteiger partial charge in [-0.2, -0.15) is 13.2 Å². The molecule has 0 amide bonds. The van der Waals surface area contributed by atoms with Gasteiger partial charge in [0.05, 0.1) is 6.10 Å². The molecule has 3 N–H and O–H groups in total. The van der Waals surface area contributed by atoms with Crippen molar-refractivity contribution >= 4 is 6.02 Å². The van der Waals surface area contributed by atoms with Gasteiger partial charge in [-0.25, -0.2) is 4.99 Å². The lowest BCUT2D eigenvalue weighted by Crippen LogP contribution is -2.57. The van der Waals surface area contributed by atoms with E-state index < -0.39 is 42.6 Å². The second-order valence-electron chi connectivity index (χ2n) is 5.32. The zero-order valence-corrected chi connectivity index (χ0v) is 10.9. The van der Waals surface area contributed by atoms with E-state index in [4.69, 9.17) is 4.74 Å². The van der Waals surface area contributed by atoms with Crippen molar-refractivity contribution < 1.29 is 33.2 Å². The lowest BCUT2D eigenvalue weighted by Gasteiger charge is -2.39. The molecule has 9 heteroatoms. The van der Waals surface area contributed by atoms with Crippen LogP contribution in [0.15, 0.2) is 4.99 Å². The van der Waals surface area contributed by atoms with E-state index in [1.807, 2.05) is 0 Å². The molecule has 116 valence electrons. The quantitative estimate of drug-likeness (QED) is 0.598. The fraction of sp³-hybridized carbons (Fsp3) is 0.909. The summed E-state index contributed by atoms with van der Waals surface area (Å²) in [5.41, 5.74) is 0. The van der Waals surface area contributed by atoms with Gasteiger partial charge in [-0.05, 0) is 6.42 Å². The van der Waals surface area contributed by atoms with Gasteiger partial charge in [0.15, 0.2) is 6.10 Å². The molecular formula is C11H17F3N2O4. The predicted octanol–water partition coefficient (Wildman–Crippen LogP) is -0.664. The molecule has 1 heterocycles. The summed E-state index contributed by atoms with van der Waals surface area (Å²) in [5.74, 6) is -1.54. The molecule has 0 spiro atoms. The summed E-state index contributed by atoms with van der Waals surface area (Å²) >= 11 is 0. The van der Waals surface area contributed by atoms with Crippen molar-refractivity contribution in [2.24, 2.45) is 10.9 Å². The van der Waals surface area contributed by atoms with Gasteiger partial charge in [-0.15, -0.1) is 0 Å². The van der Waals surface area contributed by atoms with E-state index in [0.717, 1.165) is 0 Å². The van der Waals surface area contributed by atoms with Crippen LogP contribution in [0.4, 0.5) is 13.2 Å². The van der Waals surface area contributed by atoms with Gasteiger partial charge in [0.25, 0.3) is 6.02 Å². The minimum absolute atomic E-state index is 0.188. The SMILES string of the molecule is CN(C)C1=N[C@@H]2[C@@H](O)[C@H](O)[C@@H]([C@@H](O)C(F)(F)F)C[C@@H]2O1. The predicted molar refractivity (Wildman–Crippen MR) is 62.0 cm³/mol. The van der Waals surface area contributed by atoms with Crippen LogP contribution in [-0.4, -0.2) is 77.0 Å². The Kier molecular flexibility index (Phi) is 3.87. The van der Waals surface area contributed by atoms with Crippen molar-refractivity contribution in [3.63, 3.8) is 0 Å². The Hall–Kier alpha value is -1.06. The summed E-state index contributed by atoms with van der Waals surface area (Å²) in [6, 6.07) is -0.632. The third kappa shape index (κ3) is 2.57. The van der Waals surface area contributed by atoms with Crippen LogP contribution < -0.4 is 0 Å². The van der Waals surface area contributed by atoms with Gasteiger partial charge in [-0.1, -0.05) is 0 Å². The first-order valence-electron chi connectivity index (χ1n) is 6.15. The van der Waals surface area contributed by atoms with Crippen molar-refractivity contribution in [1.82, 2.24) is 4.90 Å². The van der Waals surface area contributed by atoms with Gasteiger partial charge in [-0.3, -0.25) is 0 Å². The third-order valence-corrected chi connectivity index (χ3v) is 3.66. The maximum absolute atomic E-state index is 12.6. The number of aliphatic hydroxyl groups excluding tert-OH is 3. The molecule has 1 aliphatic heterocycles. The Morgan fingerprint density at radius 3 is 2.40 bits per heavy atom. The Labute approximate surface area is 113 Å². The van der Waals surface area contributed by atoms with Crippen LogP contribution in [0.25, 0.3) is 0 Å². The van der Waals surface area contributed by atoms with Crippen LogP contribution in [-0.2, 0) is 4.74 Å². The van der Waals surface area contributed by atoms with Crippen molar-refractivity contribution in [3.8, 4) is 0 Å². The summed E-state index contributed by atoms with van der Waals surface area (Å²) in [5, 5.41) is 29.0. The molecule has 0 aromatic carbocycles. The molecule has 2 rings (SSSR count). The minimum atomic E-state index is -4.86. The summed E-state index contributed by atoms with van der Waals surface area (Å²) < 4.78 is 43.1. The second-order valence-corrected chi connectivity index (χ2v) is 5.32. The number of nitrogens with zero attached hydrogens (tertiary/aromatic N) is 2. The highest BCUT2D eigenvalue weighted by molar-refractivity contribution is 5.75. The molecule has 0 aromatic rings. The molecule has 1 aliphatic carbocycles. The van der Waals surface area contributed by atoms with E-state index >= 15 is 0 Å². The summed E-state index contributed by atoms with van der Waals surface area (Å²) in [6.45, 7) is 0. The highest BCUT2D eigenvalue weighted by Crippen LogP contribution is 2.39. The molecule has 0 bridgehead atoms. The van der Waals surface area contributed by atoms with Crippen LogP contribution in [0, 0.1) is 5.92 Å². The molecule has 6 atom stereocenters. The summed E-state index contributed by atoms with van der Waals surface area (Å²) in [6.07, 6.45) is -11.8. The molecule has 1 fully saturated rings. The van der Waals surface area contributed by atoms with E-state index in [9.17, 15) is 28.5 Å². The monoisotopic (exact) mass is 298 g/mol. The van der Waals surface area contributed by atoms with E-state index in [0.29, 0.717) is 0 Å².